The summed E-state index contributed by atoms with van der Waals surface area (Å²) >= 11 is 0. The van der Waals surface area contributed by atoms with Gasteiger partial charge in [-0.15, -0.1) is 0 Å². The summed E-state index contributed by atoms with van der Waals surface area (Å²) in [7, 11) is 0. The van der Waals surface area contributed by atoms with E-state index in [4.69, 9.17) is 0 Å². The van der Waals surface area contributed by atoms with Crippen LogP contribution in [0.5, 0.6) is 0 Å². The molecular formula is C22H24N2O2. The van der Waals surface area contributed by atoms with E-state index in [9.17, 15) is 9.90 Å². The number of nitrogens with zero attached hydrogens (tertiary/aromatic N) is 1. The third-order valence-corrected chi connectivity index (χ3v) is 4.91. The quantitative estimate of drug-likeness (QED) is 0.872. The molecule has 0 amide bonds. The molecule has 0 saturated carbocycles. The Morgan fingerprint density at radius 1 is 1.27 bits per heavy atom. The summed E-state index contributed by atoms with van der Waals surface area (Å²) in [5, 5.41) is 9.57. The van der Waals surface area contributed by atoms with Gasteiger partial charge in [0.05, 0.1) is 23.6 Å². The van der Waals surface area contributed by atoms with Crippen molar-refractivity contribution >= 4 is 5.57 Å². The maximum atomic E-state index is 12.4. The standard InChI is InChI=1S/C22H24N2O2/c1-4-22(3)10-5-6-16(9-11-22)18-8-7-17(13-23-18)21-19(14-25)24-15(2)12-20(21)26/h5-13,25H,4,14H2,1-3H3,(H,24,26). The van der Waals surface area contributed by atoms with Crippen molar-refractivity contribution in [1.82, 2.24) is 9.97 Å². The summed E-state index contributed by atoms with van der Waals surface area (Å²) in [6.45, 7) is 5.95. The Kier molecular flexibility index (Phi) is 5.05. The van der Waals surface area contributed by atoms with Crippen LogP contribution in [-0.4, -0.2) is 15.1 Å². The number of pyridine rings is 2. The molecule has 0 bridgehead atoms. The van der Waals surface area contributed by atoms with Gasteiger partial charge < -0.3 is 10.1 Å². The molecule has 0 saturated heterocycles. The van der Waals surface area contributed by atoms with Gasteiger partial charge in [0.1, 0.15) is 0 Å². The highest BCUT2D eigenvalue weighted by molar-refractivity contribution is 5.75. The Hall–Kier alpha value is -2.72. The lowest BCUT2D eigenvalue weighted by Crippen LogP contribution is -2.11. The minimum absolute atomic E-state index is 0.0589. The van der Waals surface area contributed by atoms with Gasteiger partial charge in [0.15, 0.2) is 5.43 Å². The van der Waals surface area contributed by atoms with Crippen LogP contribution >= 0.6 is 0 Å². The smallest absolute Gasteiger partial charge is 0.190 e. The Labute approximate surface area is 153 Å². The van der Waals surface area contributed by atoms with E-state index in [-0.39, 0.29) is 17.5 Å². The first-order valence-corrected chi connectivity index (χ1v) is 8.85. The predicted molar refractivity (Wildman–Crippen MR) is 106 cm³/mol. The van der Waals surface area contributed by atoms with Crippen LogP contribution in [0.4, 0.5) is 0 Å². The topological polar surface area (TPSA) is 66.0 Å². The van der Waals surface area contributed by atoms with E-state index in [2.05, 4.69) is 54.2 Å². The van der Waals surface area contributed by atoms with E-state index in [1.54, 1.807) is 13.1 Å². The van der Waals surface area contributed by atoms with E-state index in [1.807, 2.05) is 12.1 Å². The molecule has 1 aliphatic rings. The number of aromatic amines is 1. The first-order valence-electron chi connectivity index (χ1n) is 8.85. The fraction of sp³-hybridized carbons (Fsp3) is 0.273. The fourth-order valence-electron chi connectivity index (χ4n) is 3.07. The predicted octanol–water partition coefficient (Wildman–Crippen LogP) is 4.16. The second kappa shape index (κ2) is 7.26. The Morgan fingerprint density at radius 2 is 2.08 bits per heavy atom. The summed E-state index contributed by atoms with van der Waals surface area (Å²) in [5.41, 5.74) is 4.24. The number of aliphatic hydroxyl groups is 1. The van der Waals surface area contributed by atoms with Crippen LogP contribution in [-0.2, 0) is 6.61 Å². The van der Waals surface area contributed by atoms with Crippen molar-refractivity contribution in [2.24, 2.45) is 5.41 Å². The van der Waals surface area contributed by atoms with E-state index in [0.717, 1.165) is 23.4 Å². The normalized spacial score (nSPS) is 19.3. The van der Waals surface area contributed by atoms with Crippen molar-refractivity contribution in [3.63, 3.8) is 0 Å². The van der Waals surface area contributed by atoms with Gasteiger partial charge in [-0.3, -0.25) is 9.78 Å². The minimum atomic E-state index is -0.220. The number of allylic oxidation sites excluding steroid dienone is 6. The number of hydrogen-bond donors (Lipinski definition) is 2. The third-order valence-electron chi connectivity index (χ3n) is 4.91. The monoisotopic (exact) mass is 348 g/mol. The molecule has 0 aromatic carbocycles. The molecule has 3 rings (SSSR count). The molecule has 0 aliphatic heterocycles. The van der Waals surface area contributed by atoms with Crippen LogP contribution in [0.15, 0.2) is 59.6 Å². The van der Waals surface area contributed by atoms with Crippen LogP contribution in [0.25, 0.3) is 16.7 Å². The average molecular weight is 348 g/mol. The molecule has 26 heavy (non-hydrogen) atoms. The number of nitrogens with one attached hydrogen (secondary N) is 1. The van der Waals surface area contributed by atoms with Gasteiger partial charge in [-0.1, -0.05) is 50.3 Å². The molecule has 1 aliphatic carbocycles. The molecule has 0 radical (unpaired) electrons. The molecule has 2 aromatic rings. The van der Waals surface area contributed by atoms with Crippen LogP contribution in [0.1, 0.15) is 37.4 Å². The van der Waals surface area contributed by atoms with Crippen LogP contribution in [0.2, 0.25) is 0 Å². The number of H-pyrrole nitrogens is 1. The third kappa shape index (κ3) is 3.60. The number of rotatable bonds is 4. The lowest BCUT2D eigenvalue weighted by molar-refractivity contribution is 0.277. The van der Waals surface area contributed by atoms with Crippen molar-refractivity contribution in [1.29, 1.82) is 0 Å². The summed E-state index contributed by atoms with van der Waals surface area (Å²) in [6, 6.07) is 5.33. The summed E-state index contributed by atoms with van der Waals surface area (Å²) in [4.78, 5) is 20.0. The van der Waals surface area contributed by atoms with Gasteiger partial charge in [0, 0.05) is 28.9 Å². The van der Waals surface area contributed by atoms with Gasteiger partial charge in [0.25, 0.3) is 0 Å². The van der Waals surface area contributed by atoms with Crippen molar-refractivity contribution in [2.75, 3.05) is 0 Å². The summed E-state index contributed by atoms with van der Waals surface area (Å²) in [6.07, 6.45) is 13.4. The zero-order chi connectivity index (χ0) is 18.7. The van der Waals surface area contributed by atoms with E-state index in [0.29, 0.717) is 16.8 Å². The maximum Gasteiger partial charge on any atom is 0.190 e. The van der Waals surface area contributed by atoms with E-state index < -0.39 is 0 Å². The number of aliphatic hydroxyl groups excluding tert-OH is 1. The van der Waals surface area contributed by atoms with Crippen molar-refractivity contribution < 1.29 is 5.11 Å². The lowest BCUT2D eigenvalue weighted by atomic mass is 9.87. The average Bonchev–Trinajstić information content (AvgIpc) is 2.84. The largest absolute Gasteiger partial charge is 0.390 e. The molecule has 134 valence electrons. The fourth-order valence-corrected chi connectivity index (χ4v) is 3.07. The second-order valence-corrected chi connectivity index (χ2v) is 6.93. The Bertz CT molecular complexity index is 949. The van der Waals surface area contributed by atoms with Crippen molar-refractivity contribution in [3.05, 3.63) is 82.1 Å². The second-order valence-electron chi connectivity index (χ2n) is 6.93. The SMILES string of the molecule is CCC1(C)C=CC=C(c2ccc(-c3c(CO)[nH]c(C)cc3=O)cn2)C=C1. The van der Waals surface area contributed by atoms with Gasteiger partial charge in [-0.05, 0) is 25.0 Å². The Balaban J connectivity index is 1.96. The zero-order valence-electron chi connectivity index (χ0n) is 15.4. The maximum absolute atomic E-state index is 12.4. The van der Waals surface area contributed by atoms with Gasteiger partial charge in [-0.2, -0.15) is 0 Å². The molecule has 1 atom stereocenters. The highest BCUT2D eigenvalue weighted by Gasteiger charge is 2.16. The minimum Gasteiger partial charge on any atom is -0.390 e. The van der Waals surface area contributed by atoms with Gasteiger partial charge in [-0.25, -0.2) is 0 Å². The molecular weight excluding hydrogens is 324 g/mol. The molecule has 1 unspecified atom stereocenters. The highest BCUT2D eigenvalue weighted by Crippen LogP contribution is 2.30. The summed E-state index contributed by atoms with van der Waals surface area (Å²) in [5.74, 6) is 0. The van der Waals surface area contributed by atoms with Gasteiger partial charge in [0.2, 0.25) is 0 Å². The molecule has 2 heterocycles. The van der Waals surface area contributed by atoms with Crippen LogP contribution in [0.3, 0.4) is 0 Å². The number of aromatic nitrogens is 2. The number of hydrogen-bond acceptors (Lipinski definition) is 3. The summed E-state index contributed by atoms with van der Waals surface area (Å²) < 4.78 is 0. The highest BCUT2D eigenvalue weighted by atomic mass is 16.3. The first kappa shape index (κ1) is 18.1. The molecule has 2 aromatic heterocycles. The van der Waals surface area contributed by atoms with Crippen molar-refractivity contribution in [3.8, 4) is 11.1 Å². The number of aryl methyl sites for hydroxylation is 1. The van der Waals surface area contributed by atoms with E-state index >= 15 is 0 Å². The van der Waals surface area contributed by atoms with Crippen LogP contribution < -0.4 is 5.43 Å². The van der Waals surface area contributed by atoms with Crippen LogP contribution in [0, 0.1) is 12.3 Å². The van der Waals surface area contributed by atoms with Gasteiger partial charge >= 0.3 is 0 Å². The molecule has 0 spiro atoms. The molecule has 0 fully saturated rings. The van der Waals surface area contributed by atoms with Crippen molar-refractivity contribution in [2.45, 2.75) is 33.8 Å². The lowest BCUT2D eigenvalue weighted by Gasteiger charge is -2.18. The Morgan fingerprint density at radius 3 is 2.73 bits per heavy atom. The zero-order valence-corrected chi connectivity index (χ0v) is 15.4. The first-order chi connectivity index (χ1) is 12.5. The molecule has 4 nitrogen and oxygen atoms in total. The molecule has 2 N–H and O–H groups in total. The van der Waals surface area contributed by atoms with E-state index in [1.165, 1.54) is 6.07 Å². The molecule has 4 heteroatoms.